The van der Waals surface area contributed by atoms with Crippen molar-refractivity contribution in [2.24, 2.45) is 0 Å². The van der Waals surface area contributed by atoms with Crippen molar-refractivity contribution in [3.05, 3.63) is 42.2 Å². The molecule has 2 heterocycles. The fourth-order valence-corrected chi connectivity index (χ4v) is 3.10. The monoisotopic (exact) mass is 369 g/mol. The summed E-state index contributed by atoms with van der Waals surface area (Å²) in [5, 5.41) is 9.47. The van der Waals surface area contributed by atoms with Gasteiger partial charge in [0.2, 0.25) is 11.8 Å². The van der Waals surface area contributed by atoms with E-state index in [1.54, 1.807) is 18.3 Å². The summed E-state index contributed by atoms with van der Waals surface area (Å²) in [5.41, 5.74) is 2.42. The Kier molecular flexibility index (Phi) is 5.54. The Morgan fingerprint density at radius 3 is 2.63 bits per heavy atom. The molecule has 1 aliphatic heterocycles. The van der Waals surface area contributed by atoms with Gasteiger partial charge in [0.25, 0.3) is 5.91 Å². The minimum atomic E-state index is -0.798. The highest BCUT2D eigenvalue weighted by Gasteiger charge is 2.34. The van der Waals surface area contributed by atoms with E-state index >= 15 is 0 Å². The molecule has 1 fully saturated rings. The Balaban J connectivity index is 1.79. The van der Waals surface area contributed by atoms with Crippen LogP contribution in [0.4, 0.5) is 0 Å². The zero-order valence-corrected chi connectivity index (χ0v) is 15.4. The molecular weight excluding hydrogens is 346 g/mol. The first kappa shape index (κ1) is 18.6. The highest BCUT2D eigenvalue weighted by molar-refractivity contribution is 5.99. The van der Waals surface area contributed by atoms with Crippen molar-refractivity contribution in [1.29, 1.82) is 0 Å². The van der Waals surface area contributed by atoms with Crippen LogP contribution in [0.15, 0.2) is 36.7 Å². The molecule has 1 atom stereocenters. The van der Waals surface area contributed by atoms with E-state index in [1.807, 2.05) is 29.9 Å². The lowest BCUT2D eigenvalue weighted by atomic mass is 10.0. The molecule has 0 bridgehead atoms. The number of carbonyl (C=O) groups is 3. The Morgan fingerprint density at radius 1 is 1.26 bits per heavy atom. The first-order valence-electron chi connectivity index (χ1n) is 8.95. The summed E-state index contributed by atoms with van der Waals surface area (Å²) in [7, 11) is 1.51. The van der Waals surface area contributed by atoms with E-state index in [0.29, 0.717) is 18.7 Å². The van der Waals surface area contributed by atoms with Crippen LogP contribution in [-0.2, 0) is 16.1 Å². The van der Waals surface area contributed by atoms with E-state index in [0.717, 1.165) is 17.7 Å². The molecule has 3 amide bonds. The van der Waals surface area contributed by atoms with Gasteiger partial charge >= 0.3 is 0 Å². The van der Waals surface area contributed by atoms with Crippen LogP contribution in [0.2, 0.25) is 0 Å². The number of carbonyl (C=O) groups excluding carboxylic acids is 3. The minimum Gasteiger partial charge on any atom is -0.359 e. The highest BCUT2D eigenvalue weighted by Crippen LogP contribution is 2.21. The molecule has 2 aromatic rings. The number of nitrogens with one attached hydrogen (secondary N) is 2. The van der Waals surface area contributed by atoms with Gasteiger partial charge in [-0.05, 0) is 24.6 Å². The number of amides is 3. The molecule has 1 aromatic carbocycles. The lowest BCUT2D eigenvalue weighted by Crippen LogP contribution is -2.58. The summed E-state index contributed by atoms with van der Waals surface area (Å²) in [6.45, 7) is 3.56. The maximum Gasteiger partial charge on any atom is 0.254 e. The molecule has 0 saturated carbocycles. The van der Waals surface area contributed by atoms with Crippen molar-refractivity contribution in [1.82, 2.24) is 25.3 Å². The molecule has 0 unspecified atom stereocenters. The lowest BCUT2D eigenvalue weighted by Gasteiger charge is -2.34. The molecule has 27 heavy (non-hydrogen) atoms. The number of rotatable bonds is 5. The van der Waals surface area contributed by atoms with E-state index in [2.05, 4.69) is 15.7 Å². The summed E-state index contributed by atoms with van der Waals surface area (Å²) in [6.07, 6.45) is 3.68. The Hall–Kier alpha value is -3.16. The molecule has 1 aliphatic rings. The van der Waals surface area contributed by atoms with E-state index in [9.17, 15) is 14.4 Å². The third-order valence-corrected chi connectivity index (χ3v) is 4.67. The van der Waals surface area contributed by atoms with E-state index in [-0.39, 0.29) is 24.1 Å². The number of hydrogen-bond donors (Lipinski definition) is 2. The van der Waals surface area contributed by atoms with Crippen molar-refractivity contribution in [3.63, 3.8) is 0 Å². The van der Waals surface area contributed by atoms with Crippen molar-refractivity contribution >= 4 is 17.7 Å². The Morgan fingerprint density at radius 2 is 2.00 bits per heavy atom. The second kappa shape index (κ2) is 8.03. The summed E-state index contributed by atoms with van der Waals surface area (Å²) < 4.78 is 1.84. The zero-order chi connectivity index (χ0) is 19.4. The van der Waals surface area contributed by atoms with Crippen LogP contribution in [0.25, 0.3) is 11.1 Å². The molecule has 8 nitrogen and oxygen atoms in total. The number of benzene rings is 1. The molecule has 1 saturated heterocycles. The number of hydrogen-bond acceptors (Lipinski definition) is 4. The maximum absolute atomic E-state index is 12.9. The van der Waals surface area contributed by atoms with Gasteiger partial charge in [-0.25, -0.2) is 0 Å². The molecule has 1 aromatic heterocycles. The van der Waals surface area contributed by atoms with Gasteiger partial charge in [0.05, 0.1) is 12.6 Å². The predicted molar refractivity (Wildman–Crippen MR) is 99.9 cm³/mol. The number of nitrogens with zero attached hydrogens (tertiary/aromatic N) is 3. The molecule has 8 heteroatoms. The standard InChI is InChI=1S/C19H23N5O3/c1-3-23-12-15(11-22-23)13-4-6-14(7-5-13)19(27)24-9-8-21-18(26)16(24)10-17(25)20-2/h4-7,11-12,16H,3,8-10H2,1-2H3,(H,20,25)(H,21,26)/t16-/m1/s1. The largest absolute Gasteiger partial charge is 0.359 e. The second-order valence-corrected chi connectivity index (χ2v) is 6.34. The number of aromatic nitrogens is 2. The van der Waals surface area contributed by atoms with Crippen LogP contribution in [0.3, 0.4) is 0 Å². The molecular formula is C19H23N5O3. The first-order valence-corrected chi connectivity index (χ1v) is 8.95. The van der Waals surface area contributed by atoms with Gasteiger partial charge < -0.3 is 15.5 Å². The van der Waals surface area contributed by atoms with Crippen LogP contribution in [0.5, 0.6) is 0 Å². The Bertz CT molecular complexity index is 843. The van der Waals surface area contributed by atoms with Crippen LogP contribution in [0, 0.1) is 0 Å². The summed E-state index contributed by atoms with van der Waals surface area (Å²) in [5.74, 6) is -0.838. The molecule has 0 aliphatic carbocycles. The molecule has 0 spiro atoms. The van der Waals surface area contributed by atoms with Gasteiger partial charge in [-0.3, -0.25) is 19.1 Å². The quantitative estimate of drug-likeness (QED) is 0.809. The van der Waals surface area contributed by atoms with Gasteiger partial charge in [-0.15, -0.1) is 0 Å². The number of aryl methyl sites for hydroxylation is 1. The van der Waals surface area contributed by atoms with Crippen molar-refractivity contribution in [2.75, 3.05) is 20.1 Å². The number of piperazine rings is 1. The van der Waals surface area contributed by atoms with Gasteiger partial charge in [-0.2, -0.15) is 5.10 Å². The lowest BCUT2D eigenvalue weighted by molar-refractivity contribution is -0.132. The minimum absolute atomic E-state index is 0.0532. The van der Waals surface area contributed by atoms with Gasteiger partial charge in [0.15, 0.2) is 0 Å². The van der Waals surface area contributed by atoms with Crippen molar-refractivity contribution < 1.29 is 14.4 Å². The smallest absolute Gasteiger partial charge is 0.254 e. The highest BCUT2D eigenvalue weighted by atomic mass is 16.2. The van der Waals surface area contributed by atoms with Crippen LogP contribution >= 0.6 is 0 Å². The average molecular weight is 369 g/mol. The van der Waals surface area contributed by atoms with Crippen LogP contribution in [-0.4, -0.2) is 58.6 Å². The predicted octanol–water partition coefficient (Wildman–Crippen LogP) is 0.647. The Labute approximate surface area is 157 Å². The van der Waals surface area contributed by atoms with Gasteiger partial charge in [0.1, 0.15) is 6.04 Å². The van der Waals surface area contributed by atoms with E-state index in [4.69, 9.17) is 0 Å². The second-order valence-electron chi connectivity index (χ2n) is 6.34. The van der Waals surface area contributed by atoms with E-state index in [1.165, 1.54) is 11.9 Å². The van der Waals surface area contributed by atoms with Crippen LogP contribution < -0.4 is 10.6 Å². The average Bonchev–Trinajstić information content (AvgIpc) is 3.18. The maximum atomic E-state index is 12.9. The first-order chi connectivity index (χ1) is 13.0. The molecule has 0 radical (unpaired) electrons. The fourth-order valence-electron chi connectivity index (χ4n) is 3.10. The molecule has 2 N–H and O–H groups in total. The normalized spacial score (nSPS) is 16.7. The molecule has 3 rings (SSSR count). The van der Waals surface area contributed by atoms with Crippen LogP contribution in [0.1, 0.15) is 23.7 Å². The third kappa shape index (κ3) is 3.99. The summed E-state index contributed by atoms with van der Waals surface area (Å²) >= 11 is 0. The SMILES string of the molecule is CCn1cc(-c2ccc(C(=O)N3CCNC(=O)[C@H]3CC(=O)NC)cc2)cn1. The van der Waals surface area contributed by atoms with Gasteiger partial charge in [0, 0.05) is 44.0 Å². The third-order valence-electron chi connectivity index (χ3n) is 4.67. The summed E-state index contributed by atoms with van der Waals surface area (Å²) in [6, 6.07) is 6.41. The van der Waals surface area contributed by atoms with Crippen molar-refractivity contribution in [3.8, 4) is 11.1 Å². The van der Waals surface area contributed by atoms with Gasteiger partial charge in [-0.1, -0.05) is 12.1 Å². The summed E-state index contributed by atoms with van der Waals surface area (Å²) in [4.78, 5) is 38.3. The topological polar surface area (TPSA) is 96.3 Å². The molecule has 142 valence electrons. The van der Waals surface area contributed by atoms with E-state index < -0.39 is 6.04 Å². The van der Waals surface area contributed by atoms with Crippen molar-refractivity contribution in [2.45, 2.75) is 25.9 Å². The fraction of sp³-hybridized carbons (Fsp3) is 0.368. The zero-order valence-electron chi connectivity index (χ0n) is 15.4.